The summed E-state index contributed by atoms with van der Waals surface area (Å²) in [4.78, 5) is 34.8. The molecule has 138 valence electrons. The zero-order valence-corrected chi connectivity index (χ0v) is 14.7. The Balaban J connectivity index is 2.72. The fourth-order valence-corrected chi connectivity index (χ4v) is 2.17. The van der Waals surface area contributed by atoms with Crippen LogP contribution >= 0.6 is 0 Å². The lowest BCUT2D eigenvalue weighted by Gasteiger charge is -2.17. The molecule has 0 bridgehead atoms. The quantitative estimate of drug-likeness (QED) is 0.504. The average Bonchev–Trinajstić information content (AvgIpc) is 2.52. The topological polar surface area (TPSA) is 136 Å². The minimum Gasteiger partial charge on any atom is -0.452 e. The van der Waals surface area contributed by atoms with Gasteiger partial charge in [-0.25, -0.2) is 4.79 Å². The molecule has 2 unspecified atom stereocenters. The van der Waals surface area contributed by atoms with Crippen molar-refractivity contribution in [2.75, 3.05) is 12.4 Å². The molecule has 0 aliphatic heterocycles. The second kappa shape index (κ2) is 8.70. The Kier molecular flexibility index (Phi) is 7.22. The van der Waals surface area contributed by atoms with E-state index in [9.17, 15) is 22.8 Å². The molecule has 0 spiro atoms. The Hall–Kier alpha value is -2.30. The van der Waals surface area contributed by atoms with Gasteiger partial charge in [0.25, 0.3) is 10.1 Å². The highest BCUT2D eigenvalue weighted by Crippen LogP contribution is 2.14. The van der Waals surface area contributed by atoms with E-state index >= 15 is 0 Å². The Labute approximate surface area is 145 Å². The maximum absolute atomic E-state index is 12.0. The minimum atomic E-state index is -4.33. The number of benzene rings is 1. The smallest absolute Gasteiger partial charge is 0.335 e. The lowest BCUT2D eigenvalue weighted by molar-refractivity contribution is -0.164. The van der Waals surface area contributed by atoms with Crippen molar-refractivity contribution >= 4 is 33.5 Å². The summed E-state index contributed by atoms with van der Waals surface area (Å²) >= 11 is 0. The number of ether oxygens (including phenoxy) is 2. The van der Waals surface area contributed by atoms with E-state index in [0.717, 1.165) is 12.1 Å². The number of methoxy groups -OCH3 is 1. The first-order valence-electron chi connectivity index (χ1n) is 7.15. The standard InChI is InChI=1S/C15H19NO8S/c1-9(17)13(24-15(19)10(2)23-3)8-14(18)16-11-4-6-12(7-5-11)25(20,21)22/h4-7,10,13H,8H2,1-3H3,(H,16,18)(H,20,21,22). The van der Waals surface area contributed by atoms with Crippen molar-refractivity contribution in [1.29, 1.82) is 0 Å². The second-order valence-corrected chi connectivity index (χ2v) is 6.59. The number of amides is 1. The fraction of sp³-hybridized carbons (Fsp3) is 0.400. The average molecular weight is 373 g/mol. The van der Waals surface area contributed by atoms with Crippen LogP contribution in [0.5, 0.6) is 0 Å². The zero-order valence-electron chi connectivity index (χ0n) is 13.9. The van der Waals surface area contributed by atoms with Gasteiger partial charge in [-0.1, -0.05) is 0 Å². The number of rotatable bonds is 8. The van der Waals surface area contributed by atoms with Crippen LogP contribution in [0.4, 0.5) is 5.69 Å². The molecular formula is C15H19NO8S. The Morgan fingerprint density at radius 2 is 1.76 bits per heavy atom. The molecule has 10 heteroatoms. The maximum atomic E-state index is 12.0. The van der Waals surface area contributed by atoms with Crippen molar-refractivity contribution in [2.45, 2.75) is 37.4 Å². The summed E-state index contributed by atoms with van der Waals surface area (Å²) in [5.41, 5.74) is 0.247. The molecule has 0 radical (unpaired) electrons. The van der Waals surface area contributed by atoms with E-state index in [-0.39, 0.29) is 10.6 Å². The highest BCUT2D eigenvalue weighted by atomic mass is 32.2. The van der Waals surface area contributed by atoms with Crippen molar-refractivity contribution in [3.05, 3.63) is 24.3 Å². The monoisotopic (exact) mass is 373 g/mol. The van der Waals surface area contributed by atoms with Crippen LogP contribution in [0.1, 0.15) is 20.3 Å². The van der Waals surface area contributed by atoms with Crippen LogP contribution in [-0.4, -0.2) is 49.9 Å². The molecule has 2 atom stereocenters. The third-order valence-electron chi connectivity index (χ3n) is 3.20. The van der Waals surface area contributed by atoms with Gasteiger partial charge in [-0.15, -0.1) is 0 Å². The Morgan fingerprint density at radius 3 is 2.20 bits per heavy atom. The number of nitrogens with one attached hydrogen (secondary N) is 1. The minimum absolute atomic E-state index is 0.247. The Bertz CT molecular complexity index is 741. The summed E-state index contributed by atoms with van der Waals surface area (Å²) in [5, 5.41) is 2.43. The van der Waals surface area contributed by atoms with E-state index < -0.39 is 46.4 Å². The van der Waals surface area contributed by atoms with Crippen LogP contribution in [0, 0.1) is 0 Å². The number of ketones is 1. The molecule has 0 aliphatic carbocycles. The molecule has 0 heterocycles. The van der Waals surface area contributed by atoms with Gasteiger partial charge in [-0.05, 0) is 38.1 Å². The first-order valence-corrected chi connectivity index (χ1v) is 8.59. The number of Topliss-reactive ketones (excluding diaryl/α,β-unsaturated/α-hetero) is 1. The largest absolute Gasteiger partial charge is 0.452 e. The van der Waals surface area contributed by atoms with Crippen LogP contribution < -0.4 is 5.32 Å². The van der Waals surface area contributed by atoms with Crippen molar-refractivity contribution in [2.24, 2.45) is 0 Å². The van der Waals surface area contributed by atoms with Crippen LogP contribution in [0.2, 0.25) is 0 Å². The van der Waals surface area contributed by atoms with Crippen LogP contribution in [0.15, 0.2) is 29.2 Å². The molecular weight excluding hydrogens is 354 g/mol. The SMILES string of the molecule is COC(C)C(=O)OC(CC(=O)Nc1ccc(S(=O)(=O)O)cc1)C(C)=O. The summed E-state index contributed by atoms with van der Waals surface area (Å²) in [6.45, 7) is 2.62. The van der Waals surface area contributed by atoms with Gasteiger partial charge < -0.3 is 14.8 Å². The van der Waals surface area contributed by atoms with E-state index in [1.165, 1.54) is 33.1 Å². The number of carbonyl (C=O) groups excluding carboxylic acids is 3. The molecule has 0 aromatic heterocycles. The molecule has 1 amide bonds. The first-order chi connectivity index (χ1) is 11.5. The summed E-state index contributed by atoms with van der Waals surface area (Å²) in [7, 11) is -3.03. The van der Waals surface area contributed by atoms with Crippen molar-refractivity contribution in [3.8, 4) is 0 Å². The van der Waals surface area contributed by atoms with Crippen LogP contribution in [-0.2, 0) is 34.0 Å². The van der Waals surface area contributed by atoms with Crippen molar-refractivity contribution < 1.29 is 36.8 Å². The molecule has 25 heavy (non-hydrogen) atoms. The van der Waals surface area contributed by atoms with E-state index in [4.69, 9.17) is 14.0 Å². The molecule has 0 saturated carbocycles. The number of anilines is 1. The van der Waals surface area contributed by atoms with E-state index in [1.807, 2.05) is 0 Å². The van der Waals surface area contributed by atoms with Crippen LogP contribution in [0.3, 0.4) is 0 Å². The number of carbonyl (C=O) groups is 3. The maximum Gasteiger partial charge on any atom is 0.335 e. The van der Waals surface area contributed by atoms with Crippen molar-refractivity contribution in [3.63, 3.8) is 0 Å². The van der Waals surface area contributed by atoms with Gasteiger partial charge in [0.15, 0.2) is 18.0 Å². The number of hydrogen-bond donors (Lipinski definition) is 2. The highest BCUT2D eigenvalue weighted by molar-refractivity contribution is 7.85. The molecule has 0 saturated heterocycles. The summed E-state index contributed by atoms with van der Waals surface area (Å²) in [6.07, 6.45) is -2.54. The predicted octanol–water partition coefficient (Wildman–Crippen LogP) is 0.798. The molecule has 9 nitrogen and oxygen atoms in total. The van der Waals surface area contributed by atoms with Gasteiger partial charge in [0, 0.05) is 12.8 Å². The lowest BCUT2D eigenvalue weighted by atomic mass is 10.1. The molecule has 1 rings (SSSR count). The van der Waals surface area contributed by atoms with Gasteiger partial charge >= 0.3 is 5.97 Å². The van der Waals surface area contributed by atoms with Gasteiger partial charge in [0.1, 0.15) is 0 Å². The summed E-state index contributed by atoms with van der Waals surface area (Å²) in [5.74, 6) is -1.89. The van der Waals surface area contributed by atoms with Gasteiger partial charge in [-0.2, -0.15) is 8.42 Å². The van der Waals surface area contributed by atoms with E-state index in [0.29, 0.717) is 0 Å². The zero-order chi connectivity index (χ0) is 19.2. The van der Waals surface area contributed by atoms with Gasteiger partial charge in [0.05, 0.1) is 11.3 Å². The number of esters is 1. The molecule has 0 fully saturated rings. The lowest BCUT2D eigenvalue weighted by Crippen LogP contribution is -2.34. The molecule has 2 N–H and O–H groups in total. The summed E-state index contributed by atoms with van der Waals surface area (Å²) in [6, 6.07) is 4.74. The Morgan fingerprint density at radius 1 is 1.20 bits per heavy atom. The highest BCUT2D eigenvalue weighted by Gasteiger charge is 2.25. The third kappa shape index (κ3) is 6.61. The molecule has 1 aromatic rings. The predicted molar refractivity (Wildman–Crippen MR) is 86.5 cm³/mol. The first kappa shape index (κ1) is 20.7. The molecule has 0 aliphatic rings. The van der Waals surface area contributed by atoms with Gasteiger partial charge in [-0.3, -0.25) is 14.1 Å². The van der Waals surface area contributed by atoms with E-state index in [2.05, 4.69) is 5.32 Å². The third-order valence-corrected chi connectivity index (χ3v) is 4.07. The van der Waals surface area contributed by atoms with E-state index in [1.54, 1.807) is 0 Å². The second-order valence-electron chi connectivity index (χ2n) is 5.17. The normalized spacial score (nSPS) is 13.6. The fourth-order valence-electron chi connectivity index (χ4n) is 1.69. The van der Waals surface area contributed by atoms with Crippen molar-refractivity contribution in [1.82, 2.24) is 0 Å². The number of hydrogen-bond acceptors (Lipinski definition) is 7. The summed E-state index contributed by atoms with van der Waals surface area (Å²) < 4.78 is 40.5. The molecule has 1 aromatic carbocycles. The van der Waals surface area contributed by atoms with Gasteiger partial charge in [0.2, 0.25) is 5.91 Å². The van der Waals surface area contributed by atoms with Crippen LogP contribution in [0.25, 0.3) is 0 Å².